The number of aryl methyl sites for hydroxylation is 2. The molecule has 0 spiro atoms. The molecule has 0 aliphatic carbocycles. The van der Waals surface area contributed by atoms with Crippen LogP contribution in [-0.4, -0.2) is 15.8 Å². The Morgan fingerprint density at radius 1 is 1.35 bits per heavy atom. The Balaban J connectivity index is 2.24. The van der Waals surface area contributed by atoms with Crippen molar-refractivity contribution in [3.63, 3.8) is 0 Å². The lowest BCUT2D eigenvalue weighted by Gasteiger charge is -1.99. The molecule has 2 rings (SSSR count). The first-order valence-electron chi connectivity index (χ1n) is 4.99. The van der Waals surface area contributed by atoms with E-state index in [9.17, 15) is 0 Å². The van der Waals surface area contributed by atoms with Gasteiger partial charge in [-0.15, -0.1) is 0 Å². The van der Waals surface area contributed by atoms with Crippen molar-refractivity contribution >= 4 is 17.6 Å². The van der Waals surface area contributed by atoms with E-state index in [1.807, 2.05) is 19.9 Å². The normalized spacial score (nSPS) is 10.5. The Kier molecular flexibility index (Phi) is 3.14. The number of amidine groups is 1. The number of rotatable bonds is 3. The maximum atomic E-state index is 7.32. The molecule has 5 nitrogen and oxygen atoms in total. The molecule has 0 atom stereocenters. The van der Waals surface area contributed by atoms with Gasteiger partial charge in [-0.1, -0.05) is 6.07 Å². The number of oxazole rings is 1. The van der Waals surface area contributed by atoms with Gasteiger partial charge in [-0.05, 0) is 37.7 Å². The predicted octanol–water partition coefficient (Wildman–Crippen LogP) is 2.12. The molecular weight excluding hydrogens is 236 g/mol. The van der Waals surface area contributed by atoms with Crippen molar-refractivity contribution in [1.29, 1.82) is 5.41 Å². The van der Waals surface area contributed by atoms with Crippen LogP contribution in [0.15, 0.2) is 32.9 Å². The SMILES string of the molecule is Cc1nc(Sc2cccc(C(=N)N)n2)oc1C. The fourth-order valence-corrected chi connectivity index (χ4v) is 2.02. The molecule has 0 unspecified atom stereocenters. The van der Waals surface area contributed by atoms with Gasteiger partial charge in [0.25, 0.3) is 5.22 Å². The highest BCUT2D eigenvalue weighted by Gasteiger charge is 2.09. The number of aromatic nitrogens is 2. The molecule has 0 aliphatic heterocycles. The molecule has 0 amide bonds. The predicted molar refractivity (Wildman–Crippen MR) is 65.4 cm³/mol. The maximum Gasteiger partial charge on any atom is 0.262 e. The minimum Gasteiger partial charge on any atom is -0.436 e. The average Bonchev–Trinajstić information content (AvgIpc) is 2.58. The van der Waals surface area contributed by atoms with Crippen molar-refractivity contribution in [2.45, 2.75) is 24.1 Å². The van der Waals surface area contributed by atoms with E-state index < -0.39 is 0 Å². The van der Waals surface area contributed by atoms with Crippen molar-refractivity contribution < 1.29 is 4.42 Å². The Labute approximate surface area is 103 Å². The van der Waals surface area contributed by atoms with Crippen LogP contribution in [0.4, 0.5) is 0 Å². The molecule has 17 heavy (non-hydrogen) atoms. The fourth-order valence-electron chi connectivity index (χ4n) is 1.20. The van der Waals surface area contributed by atoms with E-state index in [-0.39, 0.29) is 5.84 Å². The van der Waals surface area contributed by atoms with Crippen molar-refractivity contribution in [3.8, 4) is 0 Å². The maximum absolute atomic E-state index is 7.32. The van der Waals surface area contributed by atoms with Gasteiger partial charge in [0.2, 0.25) is 0 Å². The summed E-state index contributed by atoms with van der Waals surface area (Å²) < 4.78 is 5.45. The largest absolute Gasteiger partial charge is 0.436 e. The average molecular weight is 248 g/mol. The molecule has 6 heteroatoms. The molecule has 2 heterocycles. The van der Waals surface area contributed by atoms with E-state index in [1.165, 1.54) is 11.8 Å². The van der Waals surface area contributed by atoms with Crippen molar-refractivity contribution in [1.82, 2.24) is 9.97 Å². The molecule has 0 bridgehead atoms. The van der Waals surface area contributed by atoms with E-state index in [2.05, 4.69) is 9.97 Å². The van der Waals surface area contributed by atoms with Crippen LogP contribution >= 0.6 is 11.8 Å². The van der Waals surface area contributed by atoms with E-state index in [0.29, 0.717) is 15.9 Å². The number of hydrogen-bond donors (Lipinski definition) is 2. The first-order valence-corrected chi connectivity index (χ1v) is 5.81. The summed E-state index contributed by atoms with van der Waals surface area (Å²) in [6.45, 7) is 3.76. The van der Waals surface area contributed by atoms with E-state index in [1.54, 1.807) is 12.1 Å². The third-order valence-electron chi connectivity index (χ3n) is 2.20. The zero-order valence-electron chi connectivity index (χ0n) is 9.52. The van der Waals surface area contributed by atoms with Crippen LogP contribution < -0.4 is 5.73 Å². The van der Waals surface area contributed by atoms with Crippen LogP contribution in [0.3, 0.4) is 0 Å². The third kappa shape index (κ3) is 2.65. The summed E-state index contributed by atoms with van der Waals surface area (Å²) in [6, 6.07) is 5.32. The second-order valence-corrected chi connectivity index (χ2v) is 4.47. The van der Waals surface area contributed by atoms with Gasteiger partial charge >= 0.3 is 0 Å². The lowest BCUT2D eigenvalue weighted by atomic mass is 10.3. The summed E-state index contributed by atoms with van der Waals surface area (Å²) in [5.41, 5.74) is 6.70. The zero-order valence-corrected chi connectivity index (χ0v) is 10.3. The van der Waals surface area contributed by atoms with E-state index in [4.69, 9.17) is 15.6 Å². The van der Waals surface area contributed by atoms with Crippen LogP contribution in [0.1, 0.15) is 17.1 Å². The summed E-state index contributed by atoms with van der Waals surface area (Å²) in [5, 5.41) is 8.57. The van der Waals surface area contributed by atoms with Gasteiger partial charge in [-0.3, -0.25) is 5.41 Å². The molecule has 0 aliphatic rings. The lowest BCUT2D eigenvalue weighted by molar-refractivity contribution is 0.431. The highest BCUT2D eigenvalue weighted by Crippen LogP contribution is 2.26. The van der Waals surface area contributed by atoms with Gasteiger partial charge in [0.1, 0.15) is 22.3 Å². The molecule has 88 valence electrons. The second kappa shape index (κ2) is 4.58. The molecule has 0 aromatic carbocycles. The molecule has 2 aromatic heterocycles. The summed E-state index contributed by atoms with van der Waals surface area (Å²) in [4.78, 5) is 8.47. The van der Waals surface area contributed by atoms with Gasteiger partial charge in [0, 0.05) is 0 Å². The van der Waals surface area contributed by atoms with Crippen LogP contribution in [-0.2, 0) is 0 Å². The Hall–Kier alpha value is -1.82. The second-order valence-electron chi connectivity index (χ2n) is 3.50. The topological polar surface area (TPSA) is 88.8 Å². The smallest absolute Gasteiger partial charge is 0.262 e. The van der Waals surface area contributed by atoms with Crippen LogP contribution in [0, 0.1) is 19.3 Å². The first kappa shape index (κ1) is 11.7. The summed E-state index contributed by atoms with van der Waals surface area (Å²) in [7, 11) is 0. The fraction of sp³-hybridized carbons (Fsp3) is 0.182. The minimum absolute atomic E-state index is 0.0489. The van der Waals surface area contributed by atoms with Gasteiger partial charge in [0.15, 0.2) is 0 Å². The van der Waals surface area contributed by atoms with E-state index in [0.717, 1.165) is 11.5 Å². The quantitative estimate of drug-likeness (QED) is 0.641. The standard InChI is InChI=1S/C11H12N4OS/c1-6-7(2)16-11(14-6)17-9-5-3-4-8(15-9)10(12)13/h3-5H,1-2H3,(H3,12,13). The molecule has 0 saturated carbocycles. The Bertz CT molecular complexity index is 545. The number of hydrogen-bond acceptors (Lipinski definition) is 5. The molecular formula is C11H12N4OS. The van der Waals surface area contributed by atoms with Crippen LogP contribution in [0.25, 0.3) is 0 Å². The van der Waals surface area contributed by atoms with Crippen molar-refractivity contribution in [2.24, 2.45) is 5.73 Å². The van der Waals surface area contributed by atoms with Crippen molar-refractivity contribution in [2.75, 3.05) is 0 Å². The Morgan fingerprint density at radius 3 is 2.71 bits per heavy atom. The summed E-state index contributed by atoms with van der Waals surface area (Å²) in [5.74, 6) is 0.752. The number of nitrogens with two attached hydrogens (primary N) is 1. The minimum atomic E-state index is -0.0489. The zero-order chi connectivity index (χ0) is 12.4. The highest BCUT2D eigenvalue weighted by molar-refractivity contribution is 7.99. The molecule has 3 N–H and O–H groups in total. The monoisotopic (exact) mass is 248 g/mol. The van der Waals surface area contributed by atoms with E-state index >= 15 is 0 Å². The molecule has 2 aromatic rings. The molecule has 0 fully saturated rings. The molecule has 0 radical (unpaired) electrons. The molecule has 0 saturated heterocycles. The number of nitrogens with zero attached hydrogens (tertiary/aromatic N) is 2. The number of nitrogen functional groups attached to an aromatic ring is 1. The van der Waals surface area contributed by atoms with Gasteiger partial charge < -0.3 is 10.2 Å². The number of pyridine rings is 1. The first-order chi connectivity index (χ1) is 8.06. The lowest BCUT2D eigenvalue weighted by Crippen LogP contribution is -2.12. The van der Waals surface area contributed by atoms with Crippen molar-refractivity contribution in [3.05, 3.63) is 35.3 Å². The van der Waals surface area contributed by atoms with Gasteiger partial charge in [-0.25, -0.2) is 9.97 Å². The highest BCUT2D eigenvalue weighted by atomic mass is 32.2. The van der Waals surface area contributed by atoms with Gasteiger partial charge in [0.05, 0.1) is 5.69 Å². The van der Waals surface area contributed by atoms with Crippen LogP contribution in [0.5, 0.6) is 0 Å². The number of nitrogens with one attached hydrogen (secondary N) is 1. The summed E-state index contributed by atoms with van der Waals surface area (Å²) in [6.07, 6.45) is 0. The van der Waals surface area contributed by atoms with Gasteiger partial charge in [-0.2, -0.15) is 0 Å². The van der Waals surface area contributed by atoms with Crippen LogP contribution in [0.2, 0.25) is 0 Å². The third-order valence-corrected chi connectivity index (χ3v) is 2.99. The Morgan fingerprint density at radius 2 is 2.12 bits per heavy atom. The summed E-state index contributed by atoms with van der Waals surface area (Å²) >= 11 is 1.31.